The van der Waals surface area contributed by atoms with Crippen molar-refractivity contribution in [3.8, 4) is 11.5 Å². The zero-order valence-corrected chi connectivity index (χ0v) is 22.6. The lowest BCUT2D eigenvalue weighted by Gasteiger charge is -2.36. The second-order valence-electron chi connectivity index (χ2n) is 8.03. The van der Waals surface area contributed by atoms with Crippen molar-refractivity contribution in [3.63, 3.8) is 0 Å². The largest absolute Gasteiger partial charge is 0.493 e. The summed E-state index contributed by atoms with van der Waals surface area (Å²) in [5, 5.41) is 0.103. The smallest absolute Gasteiger partial charge is 0.270 e. The number of hydrogen-bond donors (Lipinski definition) is 0. The zero-order valence-electron chi connectivity index (χ0n) is 19.7. The number of anilines is 2. The molecular formula is C27H23IN2O4S. The highest BCUT2D eigenvalue weighted by Crippen LogP contribution is 2.35. The van der Waals surface area contributed by atoms with Crippen LogP contribution in [0.5, 0.6) is 11.5 Å². The maximum Gasteiger partial charge on any atom is 0.270 e. The molecule has 2 amide bonds. The SMILES string of the molecule is COc1cc(C=C2C(=O)N(c3ccc(C)cc3)C(=S)N(c3ccc(C)cc3)C2=O)cc(I)c1OC. The van der Waals surface area contributed by atoms with Crippen LogP contribution in [0.4, 0.5) is 11.4 Å². The Morgan fingerprint density at radius 1 is 0.800 bits per heavy atom. The van der Waals surface area contributed by atoms with E-state index in [1.807, 2.05) is 68.4 Å². The second kappa shape index (κ2) is 10.2. The highest BCUT2D eigenvalue weighted by atomic mass is 127. The maximum absolute atomic E-state index is 13.7. The van der Waals surface area contributed by atoms with Crippen molar-refractivity contribution >= 4 is 69.2 Å². The summed E-state index contributed by atoms with van der Waals surface area (Å²) in [6, 6.07) is 18.4. The number of benzene rings is 3. The molecule has 1 heterocycles. The summed E-state index contributed by atoms with van der Waals surface area (Å²) in [6.45, 7) is 3.93. The van der Waals surface area contributed by atoms with E-state index in [4.69, 9.17) is 21.7 Å². The Kier molecular flexibility index (Phi) is 7.23. The molecular weight excluding hydrogens is 575 g/mol. The molecule has 178 valence electrons. The van der Waals surface area contributed by atoms with Gasteiger partial charge in [0.2, 0.25) is 0 Å². The van der Waals surface area contributed by atoms with E-state index in [9.17, 15) is 9.59 Å². The van der Waals surface area contributed by atoms with Gasteiger partial charge < -0.3 is 9.47 Å². The van der Waals surface area contributed by atoms with E-state index in [2.05, 4.69) is 22.6 Å². The maximum atomic E-state index is 13.7. The fraction of sp³-hybridized carbons (Fsp3) is 0.148. The number of hydrogen-bond acceptors (Lipinski definition) is 5. The molecule has 0 bridgehead atoms. The van der Waals surface area contributed by atoms with Gasteiger partial charge in [-0.2, -0.15) is 0 Å². The number of halogens is 1. The monoisotopic (exact) mass is 598 g/mol. The van der Waals surface area contributed by atoms with Crippen molar-refractivity contribution in [1.82, 2.24) is 0 Å². The third-order valence-electron chi connectivity index (χ3n) is 5.60. The van der Waals surface area contributed by atoms with Gasteiger partial charge in [0.25, 0.3) is 11.8 Å². The van der Waals surface area contributed by atoms with Crippen LogP contribution in [-0.4, -0.2) is 31.1 Å². The molecule has 0 atom stereocenters. The van der Waals surface area contributed by atoms with Crippen LogP contribution in [0, 0.1) is 17.4 Å². The Morgan fingerprint density at radius 2 is 1.29 bits per heavy atom. The van der Waals surface area contributed by atoms with Gasteiger partial charge in [0.1, 0.15) is 5.57 Å². The fourth-order valence-corrected chi connectivity index (χ4v) is 4.98. The van der Waals surface area contributed by atoms with Gasteiger partial charge in [-0.1, -0.05) is 35.4 Å². The van der Waals surface area contributed by atoms with Crippen molar-refractivity contribution in [2.45, 2.75) is 13.8 Å². The standard InChI is InChI=1S/C27H23IN2O4S/c1-16-5-9-19(10-6-16)29-25(31)21(13-18-14-22(28)24(34-4)23(15-18)33-3)26(32)30(27(29)35)20-11-7-17(2)8-12-20/h5-15H,1-4H3. The number of ether oxygens (including phenoxy) is 2. The predicted molar refractivity (Wildman–Crippen MR) is 150 cm³/mol. The molecule has 0 aliphatic carbocycles. The predicted octanol–water partition coefficient (Wildman–Crippen LogP) is 5.67. The lowest BCUT2D eigenvalue weighted by atomic mass is 10.0. The Morgan fingerprint density at radius 3 is 1.71 bits per heavy atom. The van der Waals surface area contributed by atoms with Crippen LogP contribution in [0.25, 0.3) is 6.08 Å². The molecule has 0 aromatic heterocycles. The molecule has 1 aliphatic rings. The lowest BCUT2D eigenvalue weighted by molar-refractivity contribution is -0.120. The van der Waals surface area contributed by atoms with Crippen molar-refractivity contribution in [3.05, 3.63) is 86.5 Å². The molecule has 35 heavy (non-hydrogen) atoms. The summed E-state index contributed by atoms with van der Waals surface area (Å²) in [7, 11) is 3.10. The Bertz CT molecular complexity index is 1280. The van der Waals surface area contributed by atoms with Crippen molar-refractivity contribution in [2.75, 3.05) is 24.0 Å². The van der Waals surface area contributed by atoms with Gasteiger partial charge in [0.05, 0.1) is 29.2 Å². The van der Waals surface area contributed by atoms with Gasteiger partial charge in [-0.3, -0.25) is 19.4 Å². The molecule has 1 fully saturated rings. The van der Waals surface area contributed by atoms with Gasteiger partial charge in [0, 0.05) is 0 Å². The highest BCUT2D eigenvalue weighted by molar-refractivity contribution is 14.1. The second-order valence-corrected chi connectivity index (χ2v) is 9.56. The summed E-state index contributed by atoms with van der Waals surface area (Å²) in [5.74, 6) is 0.109. The van der Waals surface area contributed by atoms with Crippen molar-refractivity contribution < 1.29 is 19.1 Å². The van der Waals surface area contributed by atoms with E-state index in [-0.39, 0.29) is 10.7 Å². The summed E-state index contributed by atoms with van der Waals surface area (Å²) in [6.07, 6.45) is 1.57. The van der Waals surface area contributed by atoms with E-state index < -0.39 is 11.8 Å². The summed E-state index contributed by atoms with van der Waals surface area (Å²) >= 11 is 7.82. The normalized spacial score (nSPS) is 13.9. The van der Waals surface area contributed by atoms with Crippen LogP contribution < -0.4 is 19.3 Å². The number of rotatable bonds is 5. The third-order valence-corrected chi connectivity index (χ3v) is 6.77. The molecule has 0 spiro atoms. The first-order chi connectivity index (χ1) is 16.7. The summed E-state index contributed by atoms with van der Waals surface area (Å²) in [5.41, 5.74) is 3.88. The van der Waals surface area contributed by atoms with E-state index in [0.717, 1.165) is 14.7 Å². The van der Waals surface area contributed by atoms with E-state index in [1.54, 1.807) is 26.4 Å². The number of nitrogens with zero attached hydrogens (tertiary/aromatic N) is 2. The molecule has 3 aromatic rings. The Balaban J connectivity index is 1.88. The fourth-order valence-electron chi connectivity index (χ4n) is 3.76. The number of carbonyl (C=O) groups excluding carboxylic acids is 2. The Labute approximate surface area is 223 Å². The van der Waals surface area contributed by atoms with E-state index in [0.29, 0.717) is 28.4 Å². The molecule has 1 aliphatic heterocycles. The van der Waals surface area contributed by atoms with Crippen LogP contribution in [0.15, 0.2) is 66.2 Å². The third kappa shape index (κ3) is 4.81. The molecule has 6 nitrogen and oxygen atoms in total. The van der Waals surface area contributed by atoms with Gasteiger partial charge in [-0.15, -0.1) is 0 Å². The topological polar surface area (TPSA) is 59.1 Å². The molecule has 0 N–H and O–H groups in total. The molecule has 8 heteroatoms. The molecule has 0 radical (unpaired) electrons. The van der Waals surface area contributed by atoms with E-state index in [1.165, 1.54) is 9.80 Å². The molecule has 0 unspecified atom stereocenters. The van der Waals surface area contributed by atoms with Gasteiger partial charge in [0.15, 0.2) is 16.6 Å². The number of carbonyl (C=O) groups is 2. The minimum Gasteiger partial charge on any atom is -0.493 e. The van der Waals surface area contributed by atoms with Crippen LogP contribution in [0.1, 0.15) is 16.7 Å². The highest BCUT2D eigenvalue weighted by Gasteiger charge is 2.41. The molecule has 3 aromatic carbocycles. The number of thiocarbonyl (C=S) groups is 1. The number of amides is 2. The summed E-state index contributed by atoms with van der Waals surface area (Å²) < 4.78 is 11.7. The summed E-state index contributed by atoms with van der Waals surface area (Å²) in [4.78, 5) is 30.2. The van der Waals surface area contributed by atoms with Crippen LogP contribution in [-0.2, 0) is 9.59 Å². The lowest BCUT2D eigenvalue weighted by Crippen LogP contribution is -2.56. The zero-order chi connectivity index (χ0) is 25.3. The average molecular weight is 598 g/mol. The first-order valence-corrected chi connectivity index (χ1v) is 12.2. The molecule has 0 saturated carbocycles. The molecule has 4 rings (SSSR count). The average Bonchev–Trinajstić information content (AvgIpc) is 2.84. The van der Waals surface area contributed by atoms with Crippen molar-refractivity contribution in [1.29, 1.82) is 0 Å². The van der Waals surface area contributed by atoms with Gasteiger partial charge >= 0.3 is 0 Å². The first-order valence-electron chi connectivity index (χ1n) is 10.7. The molecule has 1 saturated heterocycles. The first kappa shape index (κ1) is 24.9. The number of aryl methyl sites for hydroxylation is 2. The van der Waals surface area contributed by atoms with Gasteiger partial charge in [-0.05, 0) is 96.7 Å². The van der Waals surface area contributed by atoms with Crippen molar-refractivity contribution in [2.24, 2.45) is 0 Å². The number of methoxy groups -OCH3 is 2. The van der Waals surface area contributed by atoms with Gasteiger partial charge in [-0.25, -0.2) is 0 Å². The Hall–Kier alpha value is -3.24. The van der Waals surface area contributed by atoms with E-state index >= 15 is 0 Å². The minimum atomic E-state index is -0.489. The minimum absolute atomic E-state index is 0.0113. The van der Waals surface area contributed by atoms with Crippen LogP contribution >= 0.6 is 34.8 Å². The van der Waals surface area contributed by atoms with Crippen LogP contribution in [0.3, 0.4) is 0 Å². The quantitative estimate of drug-likeness (QED) is 0.164. The van der Waals surface area contributed by atoms with Crippen LogP contribution in [0.2, 0.25) is 0 Å².